The summed E-state index contributed by atoms with van der Waals surface area (Å²) in [6.07, 6.45) is 1.05. The maximum atomic E-state index is 13.8. The average molecular weight is 451 g/mol. The summed E-state index contributed by atoms with van der Waals surface area (Å²) in [5.74, 6) is -2.55. The van der Waals surface area contributed by atoms with E-state index in [9.17, 15) is 22.8 Å². The van der Waals surface area contributed by atoms with Crippen molar-refractivity contribution in [3.05, 3.63) is 86.3 Å². The number of rotatable bonds is 5. The molecule has 162 valence electrons. The third-order valence-electron chi connectivity index (χ3n) is 5.25. The molecule has 0 spiro atoms. The highest BCUT2D eigenvalue weighted by molar-refractivity contribution is 6.31. The van der Waals surface area contributed by atoms with Gasteiger partial charge >= 0.3 is 5.69 Å². The zero-order chi connectivity index (χ0) is 22.1. The Balaban J connectivity index is 1.55. The van der Waals surface area contributed by atoms with E-state index in [1.54, 1.807) is 0 Å². The lowest BCUT2D eigenvalue weighted by Crippen LogP contribution is -2.35. The third-order valence-corrected chi connectivity index (χ3v) is 5.60. The molecule has 1 atom stereocenters. The van der Waals surface area contributed by atoms with Crippen LogP contribution in [0.3, 0.4) is 0 Å². The maximum absolute atomic E-state index is 13.8. The fourth-order valence-corrected chi connectivity index (χ4v) is 3.88. The molecule has 0 aliphatic carbocycles. The van der Waals surface area contributed by atoms with Crippen LogP contribution < -0.4 is 11.0 Å². The Morgan fingerprint density at radius 2 is 1.87 bits per heavy atom. The number of fused-ring (bicyclic) bond motifs is 1. The van der Waals surface area contributed by atoms with Crippen LogP contribution in [0.1, 0.15) is 35.7 Å². The van der Waals surface area contributed by atoms with Gasteiger partial charge in [-0.05, 0) is 48.7 Å². The summed E-state index contributed by atoms with van der Waals surface area (Å²) in [6, 6.07) is 6.88. The average Bonchev–Trinajstić information content (AvgIpc) is 3.06. The standard InChI is InChI=1S/C21H18ClF3N4O2/c22-17-9-15(24)4-3-12(17)11-29-21(31)28-7-1-2-16(19(28)27-29)20(30)26-10-13-8-14(23)5-6-18(13)25/h3-6,8-9,16H,1-2,7,10-11H2,(H,26,30). The molecule has 1 unspecified atom stereocenters. The summed E-state index contributed by atoms with van der Waals surface area (Å²) >= 11 is 6.05. The predicted octanol–water partition coefficient (Wildman–Crippen LogP) is 3.36. The first-order valence-corrected chi connectivity index (χ1v) is 10.0. The molecular formula is C21H18ClF3N4O2. The fraction of sp³-hybridized carbons (Fsp3) is 0.286. The molecule has 2 heterocycles. The summed E-state index contributed by atoms with van der Waals surface area (Å²) in [7, 11) is 0. The molecule has 0 radical (unpaired) electrons. The van der Waals surface area contributed by atoms with Crippen molar-refractivity contribution < 1.29 is 18.0 Å². The predicted molar refractivity (Wildman–Crippen MR) is 107 cm³/mol. The van der Waals surface area contributed by atoms with Crippen LogP contribution in [-0.2, 0) is 24.4 Å². The van der Waals surface area contributed by atoms with Crippen molar-refractivity contribution in [2.75, 3.05) is 0 Å². The molecule has 0 saturated carbocycles. The lowest BCUT2D eigenvalue weighted by molar-refractivity contribution is -0.123. The van der Waals surface area contributed by atoms with Gasteiger partial charge in [-0.2, -0.15) is 5.10 Å². The number of carbonyl (C=O) groups excluding carboxylic acids is 1. The van der Waals surface area contributed by atoms with Crippen LogP contribution in [0, 0.1) is 17.5 Å². The van der Waals surface area contributed by atoms with Gasteiger partial charge in [-0.15, -0.1) is 0 Å². The molecule has 1 N–H and O–H groups in total. The highest BCUT2D eigenvalue weighted by atomic mass is 35.5. The van der Waals surface area contributed by atoms with E-state index in [0.29, 0.717) is 30.8 Å². The molecule has 1 aliphatic rings. The van der Waals surface area contributed by atoms with Gasteiger partial charge in [-0.1, -0.05) is 17.7 Å². The smallest absolute Gasteiger partial charge is 0.346 e. The summed E-state index contributed by atoms with van der Waals surface area (Å²) in [4.78, 5) is 25.5. The Hall–Kier alpha value is -3.07. The molecule has 1 aromatic heterocycles. The lowest BCUT2D eigenvalue weighted by atomic mass is 9.98. The molecule has 3 aromatic rings. The monoisotopic (exact) mass is 450 g/mol. The van der Waals surface area contributed by atoms with E-state index >= 15 is 0 Å². The normalized spacial score (nSPS) is 15.5. The molecular weight excluding hydrogens is 433 g/mol. The zero-order valence-electron chi connectivity index (χ0n) is 16.2. The molecule has 31 heavy (non-hydrogen) atoms. The Labute approximate surface area is 180 Å². The van der Waals surface area contributed by atoms with E-state index in [4.69, 9.17) is 11.6 Å². The quantitative estimate of drug-likeness (QED) is 0.648. The highest BCUT2D eigenvalue weighted by Gasteiger charge is 2.31. The number of amides is 1. The Morgan fingerprint density at radius 3 is 2.65 bits per heavy atom. The minimum Gasteiger partial charge on any atom is -0.351 e. The topological polar surface area (TPSA) is 68.9 Å². The second-order valence-corrected chi connectivity index (χ2v) is 7.74. The van der Waals surface area contributed by atoms with Gasteiger partial charge in [0.05, 0.1) is 12.5 Å². The van der Waals surface area contributed by atoms with E-state index in [1.165, 1.54) is 21.4 Å². The van der Waals surface area contributed by atoms with Crippen molar-refractivity contribution in [2.45, 2.75) is 38.4 Å². The van der Waals surface area contributed by atoms with Gasteiger partial charge in [0, 0.05) is 23.7 Å². The summed E-state index contributed by atoms with van der Waals surface area (Å²) in [6.45, 7) is 0.253. The van der Waals surface area contributed by atoms with Crippen LogP contribution >= 0.6 is 11.6 Å². The van der Waals surface area contributed by atoms with Gasteiger partial charge in [0.25, 0.3) is 0 Å². The molecule has 6 nitrogen and oxygen atoms in total. The van der Waals surface area contributed by atoms with Crippen molar-refractivity contribution in [2.24, 2.45) is 0 Å². The van der Waals surface area contributed by atoms with Gasteiger partial charge in [-0.3, -0.25) is 9.36 Å². The minimum atomic E-state index is -0.706. The van der Waals surface area contributed by atoms with Crippen molar-refractivity contribution in [3.8, 4) is 0 Å². The number of carbonyl (C=O) groups is 1. The summed E-state index contributed by atoms with van der Waals surface area (Å²) in [5.41, 5.74) is 0.144. The molecule has 2 aromatic carbocycles. The van der Waals surface area contributed by atoms with Gasteiger partial charge in [-0.25, -0.2) is 22.6 Å². The Morgan fingerprint density at radius 1 is 1.13 bits per heavy atom. The van der Waals surface area contributed by atoms with E-state index in [0.717, 1.165) is 24.3 Å². The SMILES string of the molecule is O=C(NCc1cc(F)ccc1F)C1CCCn2c1nn(Cc1ccc(F)cc1Cl)c2=O. The highest BCUT2D eigenvalue weighted by Crippen LogP contribution is 2.25. The van der Waals surface area contributed by atoms with E-state index < -0.39 is 35.0 Å². The number of nitrogens with zero attached hydrogens (tertiary/aromatic N) is 3. The van der Waals surface area contributed by atoms with Gasteiger partial charge < -0.3 is 5.32 Å². The van der Waals surface area contributed by atoms with Crippen LogP contribution in [-0.4, -0.2) is 20.3 Å². The van der Waals surface area contributed by atoms with Gasteiger partial charge in [0.2, 0.25) is 5.91 Å². The van der Waals surface area contributed by atoms with Crippen LogP contribution in [0.15, 0.2) is 41.2 Å². The van der Waals surface area contributed by atoms with Crippen LogP contribution in [0.2, 0.25) is 5.02 Å². The Kier molecular flexibility index (Phi) is 5.86. The number of hydrogen-bond acceptors (Lipinski definition) is 3. The lowest BCUT2D eigenvalue weighted by Gasteiger charge is -2.21. The number of nitrogens with one attached hydrogen (secondary N) is 1. The minimum absolute atomic E-state index is 0.0260. The first-order valence-electron chi connectivity index (χ1n) is 9.66. The van der Waals surface area contributed by atoms with Crippen molar-refractivity contribution in [3.63, 3.8) is 0 Å². The van der Waals surface area contributed by atoms with E-state index in [1.807, 2.05) is 0 Å². The Bertz CT molecular complexity index is 1210. The fourth-order valence-electron chi connectivity index (χ4n) is 3.66. The van der Waals surface area contributed by atoms with E-state index in [-0.39, 0.29) is 23.7 Å². The molecule has 4 rings (SSSR count). The number of halogens is 4. The molecule has 0 saturated heterocycles. The second kappa shape index (κ2) is 8.58. The molecule has 0 bridgehead atoms. The van der Waals surface area contributed by atoms with Crippen LogP contribution in [0.5, 0.6) is 0 Å². The van der Waals surface area contributed by atoms with Gasteiger partial charge in [0.15, 0.2) is 0 Å². The second-order valence-electron chi connectivity index (χ2n) is 7.33. The van der Waals surface area contributed by atoms with Crippen molar-refractivity contribution >= 4 is 17.5 Å². The molecule has 1 amide bonds. The van der Waals surface area contributed by atoms with Crippen LogP contribution in [0.4, 0.5) is 13.2 Å². The summed E-state index contributed by atoms with van der Waals surface area (Å²) in [5, 5.41) is 7.09. The van der Waals surface area contributed by atoms with Crippen molar-refractivity contribution in [1.82, 2.24) is 19.7 Å². The molecule has 0 fully saturated rings. The zero-order valence-corrected chi connectivity index (χ0v) is 17.0. The summed E-state index contributed by atoms with van der Waals surface area (Å²) < 4.78 is 43.0. The first kappa shape index (κ1) is 21.2. The van der Waals surface area contributed by atoms with Crippen LogP contribution in [0.25, 0.3) is 0 Å². The number of aromatic nitrogens is 3. The largest absolute Gasteiger partial charge is 0.351 e. The number of hydrogen-bond donors (Lipinski definition) is 1. The van der Waals surface area contributed by atoms with Gasteiger partial charge in [0.1, 0.15) is 23.3 Å². The van der Waals surface area contributed by atoms with E-state index in [2.05, 4.69) is 10.4 Å². The maximum Gasteiger partial charge on any atom is 0.346 e. The van der Waals surface area contributed by atoms with Crippen molar-refractivity contribution in [1.29, 1.82) is 0 Å². The first-order chi connectivity index (χ1) is 14.8. The third kappa shape index (κ3) is 4.36. The molecule has 1 aliphatic heterocycles. The number of benzene rings is 2. The molecule has 10 heteroatoms.